The van der Waals surface area contributed by atoms with Crippen molar-refractivity contribution in [1.29, 1.82) is 0 Å². The predicted molar refractivity (Wildman–Crippen MR) is 144 cm³/mol. The fraction of sp³-hybridized carbons (Fsp3) is 0.154. The van der Waals surface area contributed by atoms with E-state index in [1.807, 2.05) is 0 Å². The van der Waals surface area contributed by atoms with E-state index in [4.69, 9.17) is 9.47 Å². The van der Waals surface area contributed by atoms with E-state index in [-0.39, 0.29) is 32.3 Å². The number of nitro groups is 1. The van der Waals surface area contributed by atoms with Crippen molar-refractivity contribution >= 4 is 50.9 Å². The van der Waals surface area contributed by atoms with E-state index in [2.05, 4.69) is 10.1 Å². The standard InChI is InChI=1S/C26H22N2O9S2/c1-35-21-5-4-6-22(36-2)18(21)14-39(33,34)17-9-10-23-19(13-17)27-25(29)24(38-23)12-15-7-8-16(26(30)37-3)11-20(15)28(31)32/h4-13H,14H2,1-3H3,(H,27,29). The number of ether oxygens (including phenoxy) is 3. The van der Waals surface area contributed by atoms with Crippen LogP contribution in [-0.4, -0.2) is 46.5 Å². The second kappa shape index (κ2) is 11.2. The van der Waals surface area contributed by atoms with E-state index in [0.29, 0.717) is 22.0 Å². The molecule has 0 saturated heterocycles. The Morgan fingerprint density at radius 1 is 1.05 bits per heavy atom. The first-order valence-corrected chi connectivity index (χ1v) is 13.7. The molecular weight excluding hydrogens is 548 g/mol. The lowest BCUT2D eigenvalue weighted by molar-refractivity contribution is -0.385. The summed E-state index contributed by atoms with van der Waals surface area (Å²) >= 11 is 1.03. The molecule has 0 unspecified atom stereocenters. The fourth-order valence-corrected chi connectivity index (χ4v) is 6.21. The van der Waals surface area contributed by atoms with Crippen molar-refractivity contribution in [2.45, 2.75) is 15.5 Å². The molecule has 202 valence electrons. The Hall–Kier alpha value is -4.36. The number of hydrogen-bond acceptors (Lipinski definition) is 10. The lowest BCUT2D eigenvalue weighted by Gasteiger charge is -2.20. The first kappa shape index (κ1) is 27.7. The van der Waals surface area contributed by atoms with Crippen LogP contribution in [0.4, 0.5) is 11.4 Å². The second-order valence-electron chi connectivity index (χ2n) is 8.15. The lowest BCUT2D eigenvalue weighted by atomic mass is 10.1. The van der Waals surface area contributed by atoms with Crippen molar-refractivity contribution in [2.24, 2.45) is 0 Å². The maximum Gasteiger partial charge on any atom is 0.338 e. The molecule has 1 aliphatic rings. The molecule has 13 heteroatoms. The van der Waals surface area contributed by atoms with E-state index >= 15 is 0 Å². The van der Waals surface area contributed by atoms with Gasteiger partial charge in [0.2, 0.25) is 0 Å². The number of nitrogens with zero attached hydrogens (tertiary/aromatic N) is 1. The van der Waals surface area contributed by atoms with Crippen LogP contribution in [-0.2, 0) is 25.1 Å². The number of nitrogens with one attached hydrogen (secondary N) is 1. The summed E-state index contributed by atoms with van der Waals surface area (Å²) in [6.07, 6.45) is 1.33. The van der Waals surface area contributed by atoms with Gasteiger partial charge in [0, 0.05) is 11.0 Å². The number of esters is 1. The molecule has 3 aromatic rings. The van der Waals surface area contributed by atoms with Gasteiger partial charge in [-0.3, -0.25) is 14.9 Å². The molecule has 0 saturated carbocycles. The molecule has 4 rings (SSSR count). The van der Waals surface area contributed by atoms with Gasteiger partial charge in [-0.05, 0) is 48.5 Å². The lowest BCUT2D eigenvalue weighted by Crippen LogP contribution is -2.18. The Labute approximate surface area is 227 Å². The highest BCUT2D eigenvalue weighted by molar-refractivity contribution is 8.04. The minimum Gasteiger partial charge on any atom is -0.496 e. The number of methoxy groups -OCH3 is 3. The van der Waals surface area contributed by atoms with Gasteiger partial charge in [-0.1, -0.05) is 17.8 Å². The minimum absolute atomic E-state index is 0.00285. The highest BCUT2D eigenvalue weighted by Crippen LogP contribution is 2.41. The number of nitro benzene ring substituents is 1. The minimum atomic E-state index is -3.87. The molecule has 0 aliphatic carbocycles. The summed E-state index contributed by atoms with van der Waals surface area (Å²) in [4.78, 5) is 36.2. The number of fused-ring (bicyclic) bond motifs is 1. The van der Waals surface area contributed by atoms with Crippen LogP contribution >= 0.6 is 11.8 Å². The van der Waals surface area contributed by atoms with Crippen molar-refractivity contribution < 1.29 is 37.1 Å². The van der Waals surface area contributed by atoms with E-state index in [9.17, 15) is 28.1 Å². The Morgan fingerprint density at radius 3 is 2.36 bits per heavy atom. The van der Waals surface area contributed by atoms with Gasteiger partial charge in [-0.2, -0.15) is 0 Å². The third-order valence-corrected chi connectivity index (χ3v) is 8.54. The van der Waals surface area contributed by atoms with Crippen LogP contribution < -0.4 is 14.8 Å². The first-order valence-electron chi connectivity index (χ1n) is 11.2. The number of carbonyl (C=O) groups excluding carboxylic acids is 2. The molecule has 0 aromatic heterocycles. The van der Waals surface area contributed by atoms with Crippen molar-refractivity contribution in [3.05, 3.63) is 86.3 Å². The number of rotatable bonds is 8. The van der Waals surface area contributed by atoms with Crippen LogP contribution in [0.5, 0.6) is 11.5 Å². The summed E-state index contributed by atoms with van der Waals surface area (Å²) in [5.74, 6) is -0.964. The normalized spacial score (nSPS) is 13.8. The fourth-order valence-electron chi connectivity index (χ4n) is 3.89. The summed E-state index contributed by atoms with van der Waals surface area (Å²) < 4.78 is 41.8. The van der Waals surface area contributed by atoms with E-state index in [0.717, 1.165) is 24.9 Å². The van der Waals surface area contributed by atoms with Gasteiger partial charge in [-0.25, -0.2) is 13.2 Å². The Bertz CT molecular complexity index is 1610. The third kappa shape index (κ3) is 5.73. The summed E-state index contributed by atoms with van der Waals surface area (Å²) in [6, 6.07) is 13.1. The number of amides is 1. The van der Waals surface area contributed by atoms with E-state index < -0.39 is 32.4 Å². The summed E-state index contributed by atoms with van der Waals surface area (Å²) in [5.41, 5.74) is 0.378. The molecule has 11 nitrogen and oxygen atoms in total. The van der Waals surface area contributed by atoms with Gasteiger partial charge >= 0.3 is 5.97 Å². The van der Waals surface area contributed by atoms with Gasteiger partial charge < -0.3 is 19.5 Å². The molecule has 1 aliphatic heterocycles. The third-order valence-electron chi connectivity index (χ3n) is 5.80. The molecule has 0 spiro atoms. The molecule has 3 aromatic carbocycles. The highest BCUT2D eigenvalue weighted by atomic mass is 32.2. The van der Waals surface area contributed by atoms with Gasteiger partial charge in [0.15, 0.2) is 9.84 Å². The molecule has 39 heavy (non-hydrogen) atoms. The Balaban J connectivity index is 1.65. The molecule has 0 bridgehead atoms. The van der Waals surface area contributed by atoms with Crippen molar-refractivity contribution in [3.63, 3.8) is 0 Å². The second-order valence-corrected chi connectivity index (χ2v) is 11.2. The van der Waals surface area contributed by atoms with Gasteiger partial charge in [0.1, 0.15) is 11.5 Å². The van der Waals surface area contributed by atoms with Crippen LogP contribution in [0.25, 0.3) is 6.08 Å². The molecule has 0 fully saturated rings. The van der Waals surface area contributed by atoms with Gasteiger partial charge in [0.05, 0.1) is 64.2 Å². The SMILES string of the molecule is COC(=O)c1ccc(C=C2Sc3ccc(S(=O)(=O)Cc4c(OC)cccc4OC)cc3NC2=O)c([N+](=O)[O-])c1. The molecule has 1 amide bonds. The highest BCUT2D eigenvalue weighted by Gasteiger charge is 2.27. The maximum atomic E-state index is 13.3. The first-order chi connectivity index (χ1) is 18.6. The zero-order valence-electron chi connectivity index (χ0n) is 20.9. The Kier molecular flexibility index (Phi) is 7.93. The predicted octanol–water partition coefficient (Wildman–Crippen LogP) is 4.46. The smallest absolute Gasteiger partial charge is 0.338 e. The van der Waals surface area contributed by atoms with Crippen molar-refractivity contribution in [1.82, 2.24) is 0 Å². The zero-order chi connectivity index (χ0) is 28.3. The zero-order valence-corrected chi connectivity index (χ0v) is 22.6. The number of carbonyl (C=O) groups is 2. The van der Waals surface area contributed by atoms with Crippen LogP contribution in [0, 0.1) is 10.1 Å². The number of anilines is 1. The van der Waals surface area contributed by atoms with Crippen molar-refractivity contribution in [2.75, 3.05) is 26.6 Å². The van der Waals surface area contributed by atoms with Gasteiger partial charge in [-0.15, -0.1) is 0 Å². The molecular formula is C26H22N2O9S2. The topological polar surface area (TPSA) is 151 Å². The van der Waals surface area contributed by atoms with Crippen molar-refractivity contribution in [3.8, 4) is 11.5 Å². The van der Waals surface area contributed by atoms with Crippen LogP contribution in [0.1, 0.15) is 21.5 Å². The van der Waals surface area contributed by atoms with Gasteiger partial charge in [0.25, 0.3) is 11.6 Å². The molecule has 1 heterocycles. The maximum absolute atomic E-state index is 13.3. The molecule has 1 N–H and O–H groups in total. The number of benzene rings is 3. The summed E-state index contributed by atoms with van der Waals surface area (Å²) in [6.45, 7) is 0. The van der Waals surface area contributed by atoms with E-state index in [1.165, 1.54) is 44.6 Å². The largest absolute Gasteiger partial charge is 0.496 e. The average Bonchev–Trinajstić information content (AvgIpc) is 2.92. The summed E-state index contributed by atoms with van der Waals surface area (Å²) in [5, 5.41) is 14.2. The molecule has 0 radical (unpaired) electrons. The monoisotopic (exact) mass is 570 g/mol. The number of hydrogen-bond donors (Lipinski definition) is 1. The van der Waals surface area contributed by atoms with Crippen LogP contribution in [0.15, 0.2) is 69.3 Å². The quantitative estimate of drug-likeness (QED) is 0.178. The summed E-state index contributed by atoms with van der Waals surface area (Å²) in [7, 11) is 0.164. The van der Waals surface area contributed by atoms with E-state index in [1.54, 1.807) is 24.3 Å². The molecule has 0 atom stereocenters. The number of sulfone groups is 1. The van der Waals surface area contributed by atoms with Crippen LogP contribution in [0.3, 0.4) is 0 Å². The average molecular weight is 571 g/mol. The van der Waals surface area contributed by atoms with Crippen LogP contribution in [0.2, 0.25) is 0 Å². The number of thioether (sulfide) groups is 1. The Morgan fingerprint density at radius 2 is 1.74 bits per heavy atom.